The van der Waals surface area contributed by atoms with Crippen LogP contribution in [0.1, 0.15) is 32.1 Å². The van der Waals surface area contributed by atoms with Crippen molar-refractivity contribution in [2.24, 2.45) is 0 Å². The van der Waals surface area contributed by atoms with E-state index in [0.717, 1.165) is 11.3 Å². The Balaban J connectivity index is 1.85. The molecule has 0 bridgehead atoms. The Bertz CT molecular complexity index is 482. The van der Waals surface area contributed by atoms with Crippen LogP contribution in [-0.2, 0) is 21.3 Å². The zero-order valence-electron chi connectivity index (χ0n) is 12.0. The summed E-state index contributed by atoms with van der Waals surface area (Å²) in [7, 11) is -0.964. The summed E-state index contributed by atoms with van der Waals surface area (Å²) < 4.78 is 17.6. The summed E-state index contributed by atoms with van der Waals surface area (Å²) in [5, 5.41) is 0.0321. The lowest BCUT2D eigenvalue weighted by Gasteiger charge is -2.24. The van der Waals surface area contributed by atoms with Crippen LogP contribution in [-0.4, -0.2) is 44.1 Å². The molecule has 0 aliphatic carbocycles. The fourth-order valence-corrected chi connectivity index (χ4v) is 4.31. The zero-order valence-corrected chi connectivity index (χ0v) is 13.6. The molecule has 1 fully saturated rings. The van der Waals surface area contributed by atoms with Crippen molar-refractivity contribution in [1.29, 1.82) is 0 Å². The van der Waals surface area contributed by atoms with Crippen molar-refractivity contribution in [3.8, 4) is 0 Å². The minimum absolute atomic E-state index is 0.0321. The smallest absolute Gasteiger partial charge is 0.410 e. The van der Waals surface area contributed by atoms with Crippen LogP contribution in [0.3, 0.4) is 0 Å². The van der Waals surface area contributed by atoms with Crippen molar-refractivity contribution in [1.82, 2.24) is 9.88 Å². The Morgan fingerprint density at radius 2 is 2.35 bits per heavy atom. The van der Waals surface area contributed by atoms with Gasteiger partial charge in [-0.2, -0.15) is 0 Å². The van der Waals surface area contributed by atoms with Crippen LogP contribution in [0.5, 0.6) is 0 Å². The first-order valence-electron chi connectivity index (χ1n) is 6.57. The fourth-order valence-electron chi connectivity index (χ4n) is 2.01. The summed E-state index contributed by atoms with van der Waals surface area (Å²) in [4.78, 5) is 18.6. The molecule has 0 N–H and O–H groups in total. The van der Waals surface area contributed by atoms with E-state index in [9.17, 15) is 9.00 Å². The highest BCUT2D eigenvalue weighted by Gasteiger charge is 2.32. The minimum atomic E-state index is -0.964. The number of amides is 1. The molecule has 1 aliphatic heterocycles. The third-order valence-electron chi connectivity index (χ3n) is 2.94. The van der Waals surface area contributed by atoms with Gasteiger partial charge < -0.3 is 9.64 Å². The molecule has 2 rings (SSSR count). The topological polar surface area (TPSA) is 59.5 Å². The Kier molecular flexibility index (Phi) is 4.80. The van der Waals surface area contributed by atoms with Crippen LogP contribution < -0.4 is 0 Å². The summed E-state index contributed by atoms with van der Waals surface area (Å²) in [5.74, 6) is 0.525. The molecule has 1 aromatic rings. The monoisotopic (exact) mass is 316 g/mol. The van der Waals surface area contributed by atoms with Gasteiger partial charge in [-0.05, 0) is 27.2 Å². The molecule has 1 aromatic heterocycles. The van der Waals surface area contributed by atoms with Crippen LogP contribution in [0.4, 0.5) is 4.79 Å². The van der Waals surface area contributed by atoms with Crippen LogP contribution >= 0.6 is 11.3 Å². The van der Waals surface area contributed by atoms with E-state index in [1.54, 1.807) is 16.6 Å². The summed E-state index contributed by atoms with van der Waals surface area (Å²) in [6.45, 7) is 6.68. The normalized spacial score (nSPS) is 20.9. The van der Waals surface area contributed by atoms with Gasteiger partial charge in [0.05, 0.1) is 16.5 Å². The molecule has 20 heavy (non-hydrogen) atoms. The number of nitrogens with zero attached hydrogens (tertiary/aromatic N) is 2. The van der Waals surface area contributed by atoms with Gasteiger partial charge in [0.1, 0.15) is 5.60 Å². The second kappa shape index (κ2) is 6.22. The molecule has 0 aromatic carbocycles. The Morgan fingerprint density at radius 3 is 2.95 bits per heavy atom. The molecular formula is C13H20N2O3S2. The van der Waals surface area contributed by atoms with Crippen LogP contribution in [0.2, 0.25) is 0 Å². The number of thiazole rings is 1. The van der Waals surface area contributed by atoms with Gasteiger partial charge in [-0.15, -0.1) is 11.3 Å². The first-order valence-corrected chi connectivity index (χ1v) is 8.84. The van der Waals surface area contributed by atoms with E-state index >= 15 is 0 Å². The van der Waals surface area contributed by atoms with E-state index < -0.39 is 16.4 Å². The fraction of sp³-hybridized carbons (Fsp3) is 0.692. The van der Waals surface area contributed by atoms with Gasteiger partial charge in [0.25, 0.3) is 0 Å². The Labute approximate surface area is 125 Å². The van der Waals surface area contributed by atoms with E-state index in [-0.39, 0.29) is 11.3 Å². The molecule has 7 heteroatoms. The lowest BCUT2D eigenvalue weighted by molar-refractivity contribution is 0.0295. The molecule has 1 saturated heterocycles. The quantitative estimate of drug-likeness (QED) is 0.859. The van der Waals surface area contributed by atoms with E-state index in [0.29, 0.717) is 18.8 Å². The van der Waals surface area contributed by atoms with E-state index in [1.807, 2.05) is 20.8 Å². The molecular weight excluding hydrogens is 296 g/mol. The van der Waals surface area contributed by atoms with Crippen LogP contribution in [0, 0.1) is 0 Å². The van der Waals surface area contributed by atoms with E-state index in [2.05, 4.69) is 4.98 Å². The van der Waals surface area contributed by atoms with Gasteiger partial charge in [-0.1, -0.05) is 0 Å². The molecule has 2 atom stereocenters. The van der Waals surface area contributed by atoms with Crippen LogP contribution in [0.15, 0.2) is 11.7 Å². The number of rotatable bonds is 3. The number of carbonyl (C=O) groups excluding carboxylic acids is 1. The third-order valence-corrected chi connectivity index (χ3v) is 5.62. The number of aromatic nitrogens is 1. The number of hydrogen-bond acceptors (Lipinski definition) is 5. The van der Waals surface area contributed by atoms with Gasteiger partial charge in [0.15, 0.2) is 0 Å². The van der Waals surface area contributed by atoms with Crippen molar-refractivity contribution in [3.63, 3.8) is 0 Å². The van der Waals surface area contributed by atoms with Gasteiger partial charge in [0.2, 0.25) is 0 Å². The second-order valence-electron chi connectivity index (χ2n) is 5.83. The zero-order chi connectivity index (χ0) is 14.8. The summed E-state index contributed by atoms with van der Waals surface area (Å²) >= 11 is 1.52. The Hall–Kier alpha value is -0.950. The predicted molar refractivity (Wildman–Crippen MR) is 80.2 cm³/mol. The van der Waals surface area contributed by atoms with E-state index in [1.165, 1.54) is 11.3 Å². The molecule has 0 spiro atoms. The lowest BCUT2D eigenvalue weighted by Crippen LogP contribution is -2.36. The standard InChI is InChI=1S/C13H20N2O3S2/c1-13(2,3)18-12(16)15-5-4-11(7-15)20(17)8-10-6-14-9-19-10/h6,9,11H,4-5,7-8H2,1-3H3/t11-,20-/m1/s1. The van der Waals surface area contributed by atoms with Crippen molar-refractivity contribution in [2.75, 3.05) is 13.1 Å². The molecule has 5 nitrogen and oxygen atoms in total. The predicted octanol–water partition coefficient (Wildman–Crippen LogP) is 2.40. The first kappa shape index (κ1) is 15.4. The summed E-state index contributed by atoms with van der Waals surface area (Å²) in [6, 6.07) is 0. The highest BCUT2D eigenvalue weighted by atomic mass is 32.2. The van der Waals surface area contributed by atoms with Crippen molar-refractivity contribution in [3.05, 3.63) is 16.6 Å². The molecule has 2 heterocycles. The van der Waals surface area contributed by atoms with Crippen molar-refractivity contribution >= 4 is 28.2 Å². The van der Waals surface area contributed by atoms with Gasteiger partial charge in [0, 0.05) is 35.0 Å². The van der Waals surface area contributed by atoms with Gasteiger partial charge >= 0.3 is 6.09 Å². The molecule has 0 unspecified atom stereocenters. The number of ether oxygens (including phenoxy) is 1. The number of carbonyl (C=O) groups is 1. The number of likely N-dealkylation sites (tertiary alicyclic amines) is 1. The molecule has 1 aliphatic rings. The maximum Gasteiger partial charge on any atom is 0.410 e. The molecule has 0 saturated carbocycles. The summed E-state index contributed by atoms with van der Waals surface area (Å²) in [5.41, 5.74) is 1.26. The molecule has 1 amide bonds. The van der Waals surface area contributed by atoms with Gasteiger partial charge in [-0.25, -0.2) is 4.79 Å². The van der Waals surface area contributed by atoms with Crippen molar-refractivity contribution in [2.45, 2.75) is 43.8 Å². The molecule has 0 radical (unpaired) electrons. The number of hydrogen-bond donors (Lipinski definition) is 0. The second-order valence-corrected chi connectivity index (χ2v) is 8.52. The highest BCUT2D eigenvalue weighted by Crippen LogP contribution is 2.21. The Morgan fingerprint density at radius 1 is 1.60 bits per heavy atom. The SMILES string of the molecule is CC(C)(C)OC(=O)N1CC[C@@H]([S@](=O)Cc2cncs2)C1. The van der Waals surface area contributed by atoms with Crippen molar-refractivity contribution < 1.29 is 13.7 Å². The van der Waals surface area contributed by atoms with E-state index in [4.69, 9.17) is 4.74 Å². The average Bonchev–Trinajstić information content (AvgIpc) is 2.96. The highest BCUT2D eigenvalue weighted by molar-refractivity contribution is 7.85. The largest absolute Gasteiger partial charge is 0.444 e. The summed E-state index contributed by atoms with van der Waals surface area (Å²) in [6.07, 6.45) is 2.21. The van der Waals surface area contributed by atoms with Gasteiger partial charge in [-0.3, -0.25) is 9.19 Å². The lowest BCUT2D eigenvalue weighted by atomic mass is 10.2. The maximum atomic E-state index is 12.3. The van der Waals surface area contributed by atoms with Crippen LogP contribution in [0.25, 0.3) is 0 Å². The third kappa shape index (κ3) is 4.28. The molecule has 112 valence electrons. The maximum absolute atomic E-state index is 12.3. The minimum Gasteiger partial charge on any atom is -0.444 e. The average molecular weight is 316 g/mol. The first-order chi connectivity index (χ1) is 9.35.